The van der Waals surface area contributed by atoms with Crippen molar-refractivity contribution in [3.8, 4) is 11.1 Å². The molecule has 0 unspecified atom stereocenters. The Bertz CT molecular complexity index is 1800. The molecular weight excluding hydrogens is 440 g/mol. The molecule has 6 aromatic rings. The molecule has 4 nitrogen and oxygen atoms in total. The average molecular weight is 471 g/mol. The van der Waals surface area contributed by atoms with Gasteiger partial charge < -0.3 is 0 Å². The first kappa shape index (κ1) is 22.5. The molecule has 0 saturated carbocycles. The quantitative estimate of drug-likeness (QED) is 0.228. The first-order valence-electron chi connectivity index (χ1n) is 12.5. The first-order valence-corrected chi connectivity index (χ1v) is 12.5. The molecule has 0 N–H and O–H groups in total. The third-order valence-electron chi connectivity index (χ3n) is 6.92. The fraction of sp³-hybridized carbons (Fsp3) is 0.250. The molecule has 3 heterocycles. The largest absolute Gasteiger partial charge is 0.254 e. The highest BCUT2D eigenvalue weighted by Crippen LogP contribution is 2.40. The fourth-order valence-electron chi connectivity index (χ4n) is 5.20. The van der Waals surface area contributed by atoms with E-state index in [0.717, 1.165) is 55.0 Å². The van der Waals surface area contributed by atoms with Crippen molar-refractivity contribution < 1.29 is 0 Å². The van der Waals surface area contributed by atoms with Crippen LogP contribution in [-0.2, 0) is 10.8 Å². The summed E-state index contributed by atoms with van der Waals surface area (Å²) in [6.07, 6.45) is 5.84. The van der Waals surface area contributed by atoms with E-state index >= 15 is 0 Å². The summed E-state index contributed by atoms with van der Waals surface area (Å²) in [6, 6.07) is 19.4. The topological polar surface area (TPSA) is 51.6 Å². The lowest BCUT2D eigenvalue weighted by Crippen LogP contribution is -2.15. The monoisotopic (exact) mass is 470 g/mol. The summed E-state index contributed by atoms with van der Waals surface area (Å²) in [7, 11) is 0. The van der Waals surface area contributed by atoms with Gasteiger partial charge in [0.2, 0.25) is 0 Å². The van der Waals surface area contributed by atoms with Crippen LogP contribution in [0.15, 0.2) is 73.2 Å². The fourth-order valence-corrected chi connectivity index (χ4v) is 5.20. The molecule has 0 atom stereocenters. The van der Waals surface area contributed by atoms with Crippen molar-refractivity contribution in [3.05, 3.63) is 84.6 Å². The molecule has 178 valence electrons. The van der Waals surface area contributed by atoms with Crippen LogP contribution in [0.5, 0.6) is 0 Å². The zero-order valence-corrected chi connectivity index (χ0v) is 21.7. The zero-order chi connectivity index (χ0) is 25.2. The van der Waals surface area contributed by atoms with E-state index in [0.29, 0.717) is 0 Å². The van der Waals surface area contributed by atoms with Crippen molar-refractivity contribution in [1.29, 1.82) is 0 Å². The Kier molecular flexibility index (Phi) is 4.88. The van der Waals surface area contributed by atoms with Gasteiger partial charge >= 0.3 is 0 Å². The van der Waals surface area contributed by atoms with E-state index in [4.69, 9.17) is 9.97 Å². The minimum atomic E-state index is -0.0830. The Balaban J connectivity index is 1.58. The molecule has 6 rings (SSSR count). The zero-order valence-electron chi connectivity index (χ0n) is 21.7. The molecule has 3 aromatic carbocycles. The molecule has 0 aliphatic heterocycles. The van der Waals surface area contributed by atoms with Crippen LogP contribution in [0.1, 0.15) is 52.9 Å². The van der Waals surface area contributed by atoms with Gasteiger partial charge in [-0.3, -0.25) is 9.97 Å². The molecule has 0 radical (unpaired) electrons. The van der Waals surface area contributed by atoms with Gasteiger partial charge in [0.15, 0.2) is 0 Å². The normalized spacial score (nSPS) is 12.7. The van der Waals surface area contributed by atoms with E-state index in [9.17, 15) is 0 Å². The second-order valence-electron chi connectivity index (χ2n) is 11.7. The Morgan fingerprint density at radius 3 is 2.17 bits per heavy atom. The molecule has 0 fully saturated rings. The molecular formula is C32H30N4. The lowest BCUT2D eigenvalue weighted by atomic mass is 9.80. The maximum Gasteiger partial charge on any atom is 0.134 e. The summed E-state index contributed by atoms with van der Waals surface area (Å²) in [5.41, 5.74) is 6.35. The van der Waals surface area contributed by atoms with Gasteiger partial charge in [0.25, 0.3) is 0 Å². The molecule has 36 heavy (non-hydrogen) atoms. The predicted molar refractivity (Wildman–Crippen MR) is 150 cm³/mol. The number of hydrogen-bond acceptors (Lipinski definition) is 4. The minimum Gasteiger partial charge on any atom is -0.254 e. The average Bonchev–Trinajstić information content (AvgIpc) is 2.86. The second-order valence-corrected chi connectivity index (χ2v) is 11.7. The Morgan fingerprint density at radius 1 is 0.611 bits per heavy atom. The van der Waals surface area contributed by atoms with Gasteiger partial charge in [-0.15, -0.1) is 0 Å². The van der Waals surface area contributed by atoms with Crippen molar-refractivity contribution in [2.24, 2.45) is 0 Å². The summed E-state index contributed by atoms with van der Waals surface area (Å²) in [6.45, 7) is 13.2. The van der Waals surface area contributed by atoms with Gasteiger partial charge in [-0.05, 0) is 45.5 Å². The van der Waals surface area contributed by atoms with E-state index in [1.165, 1.54) is 10.9 Å². The van der Waals surface area contributed by atoms with Crippen LogP contribution in [0.25, 0.3) is 54.6 Å². The Labute approximate surface area is 211 Å². The molecule has 0 spiro atoms. The standard InChI is InChI=1S/C32H30N4/c1-31(2,3)27-23-13-9-19-8-7-15-33-28(19)29(23)34-17-24(27)21-10-12-22-20(16-21)11-14-26-25(22)18-35-30(36-26)32(4,5)6/h7-18H,1-6H3. The Hall–Kier alpha value is -3.92. The molecule has 0 aliphatic rings. The van der Waals surface area contributed by atoms with Crippen LogP contribution in [-0.4, -0.2) is 19.9 Å². The number of nitrogens with zero attached hydrogens (tertiary/aromatic N) is 4. The lowest BCUT2D eigenvalue weighted by Gasteiger charge is -2.25. The van der Waals surface area contributed by atoms with Crippen LogP contribution in [0.2, 0.25) is 0 Å². The van der Waals surface area contributed by atoms with Crippen molar-refractivity contribution in [2.75, 3.05) is 0 Å². The third kappa shape index (κ3) is 3.60. The number of benzene rings is 3. The molecule has 3 aromatic heterocycles. The molecule has 4 heteroatoms. The predicted octanol–water partition coefficient (Wildman–Crippen LogP) is 8.14. The number of rotatable bonds is 1. The summed E-state index contributed by atoms with van der Waals surface area (Å²) in [4.78, 5) is 19.1. The minimum absolute atomic E-state index is 0.0749. The second kappa shape index (κ2) is 7.79. The maximum atomic E-state index is 4.94. The number of fused-ring (bicyclic) bond motifs is 6. The van der Waals surface area contributed by atoms with Crippen LogP contribution in [0.3, 0.4) is 0 Å². The molecule has 0 amide bonds. The van der Waals surface area contributed by atoms with Gasteiger partial charge in [0, 0.05) is 45.7 Å². The van der Waals surface area contributed by atoms with Crippen molar-refractivity contribution in [1.82, 2.24) is 19.9 Å². The number of pyridine rings is 2. The SMILES string of the molecule is CC(C)(C)c1ncc2c(ccc3cc(-c4cnc5c(ccc6cccnc65)c4C(C)(C)C)ccc32)n1. The van der Waals surface area contributed by atoms with Gasteiger partial charge in [-0.1, -0.05) is 77.9 Å². The molecule has 0 saturated heterocycles. The van der Waals surface area contributed by atoms with Gasteiger partial charge in [0.05, 0.1) is 16.6 Å². The van der Waals surface area contributed by atoms with E-state index in [1.54, 1.807) is 0 Å². The van der Waals surface area contributed by atoms with Gasteiger partial charge in [-0.2, -0.15) is 0 Å². The van der Waals surface area contributed by atoms with Gasteiger partial charge in [-0.25, -0.2) is 9.97 Å². The molecule has 0 bridgehead atoms. The number of hydrogen-bond donors (Lipinski definition) is 0. The van der Waals surface area contributed by atoms with E-state index in [1.807, 2.05) is 24.7 Å². The van der Waals surface area contributed by atoms with Gasteiger partial charge in [0.1, 0.15) is 5.82 Å². The summed E-state index contributed by atoms with van der Waals surface area (Å²) >= 11 is 0. The van der Waals surface area contributed by atoms with Crippen molar-refractivity contribution in [3.63, 3.8) is 0 Å². The highest BCUT2D eigenvalue weighted by atomic mass is 14.9. The van der Waals surface area contributed by atoms with E-state index in [-0.39, 0.29) is 10.8 Å². The Morgan fingerprint density at radius 2 is 1.39 bits per heavy atom. The highest BCUT2D eigenvalue weighted by Gasteiger charge is 2.24. The van der Waals surface area contributed by atoms with Crippen molar-refractivity contribution >= 4 is 43.5 Å². The van der Waals surface area contributed by atoms with Crippen LogP contribution < -0.4 is 0 Å². The summed E-state index contributed by atoms with van der Waals surface area (Å²) in [5, 5.41) is 5.69. The van der Waals surface area contributed by atoms with E-state index in [2.05, 4.69) is 100 Å². The van der Waals surface area contributed by atoms with Crippen molar-refractivity contribution in [2.45, 2.75) is 52.4 Å². The smallest absolute Gasteiger partial charge is 0.134 e. The van der Waals surface area contributed by atoms with Crippen LogP contribution in [0, 0.1) is 0 Å². The highest BCUT2D eigenvalue weighted by molar-refractivity contribution is 6.08. The molecule has 0 aliphatic carbocycles. The van der Waals surface area contributed by atoms with E-state index < -0.39 is 0 Å². The van der Waals surface area contributed by atoms with Crippen LogP contribution >= 0.6 is 0 Å². The number of aromatic nitrogens is 4. The first-order chi connectivity index (χ1) is 17.1. The third-order valence-corrected chi connectivity index (χ3v) is 6.92. The summed E-state index contributed by atoms with van der Waals surface area (Å²) in [5.74, 6) is 0.866. The maximum absolute atomic E-state index is 4.94. The van der Waals surface area contributed by atoms with Crippen LogP contribution in [0.4, 0.5) is 0 Å². The lowest BCUT2D eigenvalue weighted by molar-refractivity contribution is 0.548. The summed E-state index contributed by atoms with van der Waals surface area (Å²) < 4.78 is 0.